The highest BCUT2D eigenvalue weighted by Crippen LogP contribution is 2.27. The molecule has 4 N–H and O–H groups in total. The molecule has 0 aliphatic carbocycles. The van der Waals surface area contributed by atoms with Crippen LogP contribution in [0.2, 0.25) is 5.02 Å². The van der Waals surface area contributed by atoms with E-state index in [1.807, 2.05) is 12.1 Å². The summed E-state index contributed by atoms with van der Waals surface area (Å²) in [5, 5.41) is 15.5. The second-order valence-corrected chi connectivity index (χ2v) is 7.11. The van der Waals surface area contributed by atoms with E-state index >= 15 is 0 Å². The summed E-state index contributed by atoms with van der Waals surface area (Å²) in [4.78, 5) is 12.6. The Hall–Kier alpha value is -2.17. The van der Waals surface area contributed by atoms with Crippen LogP contribution < -0.4 is 16.4 Å². The van der Waals surface area contributed by atoms with E-state index in [-0.39, 0.29) is 5.95 Å². The van der Waals surface area contributed by atoms with Gasteiger partial charge in [-0.2, -0.15) is 15.0 Å². The number of rotatable bonds is 6. The molecule has 11 heteroatoms. The number of nitrogen functional groups attached to an aromatic ring is 1. The number of nitrogens with two attached hydrogens (primary N) is 1. The lowest BCUT2D eigenvalue weighted by molar-refractivity contribution is 0.975. The molecule has 3 rings (SSSR count). The third-order valence-corrected chi connectivity index (χ3v) is 5.07. The Balaban J connectivity index is 1.69. The third kappa shape index (κ3) is 4.43. The standard InChI is InChI=1S/C13H13ClN8S2/c1-16-12-21-22-13(24-12)23-6-9-18-10(15)20-11(19-9)17-8-4-2-7(14)3-5-8/h2-5H,6H2,1H3,(H,16,21)(H3,15,17,18,19,20). The second-order valence-electron chi connectivity index (χ2n) is 4.48. The van der Waals surface area contributed by atoms with Crippen LogP contribution in [0.5, 0.6) is 0 Å². The minimum atomic E-state index is 0.158. The van der Waals surface area contributed by atoms with Gasteiger partial charge in [-0.05, 0) is 24.3 Å². The zero-order chi connectivity index (χ0) is 16.9. The van der Waals surface area contributed by atoms with Gasteiger partial charge in [0.2, 0.25) is 17.0 Å². The van der Waals surface area contributed by atoms with Crippen molar-refractivity contribution in [1.29, 1.82) is 0 Å². The zero-order valence-electron chi connectivity index (χ0n) is 12.5. The Morgan fingerprint density at radius 1 is 1.17 bits per heavy atom. The molecule has 0 bridgehead atoms. The Bertz CT molecular complexity index is 823. The molecule has 0 radical (unpaired) electrons. The van der Waals surface area contributed by atoms with Gasteiger partial charge in [-0.3, -0.25) is 0 Å². The topological polar surface area (TPSA) is 115 Å². The first-order valence-electron chi connectivity index (χ1n) is 6.79. The maximum Gasteiger partial charge on any atom is 0.232 e. The number of halogens is 1. The lowest BCUT2D eigenvalue weighted by atomic mass is 10.3. The molecule has 2 aromatic heterocycles. The predicted octanol–water partition coefficient (Wildman–Crippen LogP) is 3.04. The van der Waals surface area contributed by atoms with Crippen molar-refractivity contribution in [1.82, 2.24) is 25.1 Å². The molecule has 124 valence electrons. The number of hydrogen-bond acceptors (Lipinski definition) is 10. The Morgan fingerprint density at radius 2 is 1.96 bits per heavy atom. The molecule has 24 heavy (non-hydrogen) atoms. The van der Waals surface area contributed by atoms with Crippen LogP contribution in [0.3, 0.4) is 0 Å². The van der Waals surface area contributed by atoms with Crippen molar-refractivity contribution in [3.63, 3.8) is 0 Å². The maximum atomic E-state index is 5.87. The van der Waals surface area contributed by atoms with E-state index in [1.54, 1.807) is 19.2 Å². The average Bonchev–Trinajstić information content (AvgIpc) is 3.03. The van der Waals surface area contributed by atoms with Crippen LogP contribution in [0.1, 0.15) is 5.82 Å². The zero-order valence-corrected chi connectivity index (χ0v) is 14.9. The summed E-state index contributed by atoms with van der Waals surface area (Å²) in [6, 6.07) is 7.22. The summed E-state index contributed by atoms with van der Waals surface area (Å²) in [5.41, 5.74) is 6.58. The predicted molar refractivity (Wildman–Crippen MR) is 98.0 cm³/mol. The molecule has 0 atom stereocenters. The van der Waals surface area contributed by atoms with Gasteiger partial charge in [0.15, 0.2) is 4.34 Å². The van der Waals surface area contributed by atoms with Crippen molar-refractivity contribution in [3.8, 4) is 0 Å². The van der Waals surface area contributed by atoms with E-state index in [4.69, 9.17) is 17.3 Å². The highest BCUT2D eigenvalue weighted by molar-refractivity contribution is 8.00. The quantitative estimate of drug-likeness (QED) is 0.555. The van der Waals surface area contributed by atoms with Gasteiger partial charge in [-0.15, -0.1) is 10.2 Å². The Kier molecular flexibility index (Phi) is 5.28. The number of thioether (sulfide) groups is 1. The van der Waals surface area contributed by atoms with Crippen molar-refractivity contribution in [2.24, 2.45) is 0 Å². The molecule has 1 aromatic carbocycles. The van der Waals surface area contributed by atoms with Gasteiger partial charge in [-0.1, -0.05) is 34.7 Å². The van der Waals surface area contributed by atoms with Gasteiger partial charge in [0, 0.05) is 17.8 Å². The van der Waals surface area contributed by atoms with Gasteiger partial charge in [0.05, 0.1) is 5.75 Å². The first-order valence-corrected chi connectivity index (χ1v) is 8.97. The van der Waals surface area contributed by atoms with Gasteiger partial charge < -0.3 is 16.4 Å². The Labute approximate surface area is 151 Å². The lowest BCUT2D eigenvalue weighted by Crippen LogP contribution is -2.06. The van der Waals surface area contributed by atoms with Gasteiger partial charge in [-0.25, -0.2) is 0 Å². The molecule has 0 saturated heterocycles. The molecule has 3 aromatic rings. The number of aromatic nitrogens is 5. The summed E-state index contributed by atoms with van der Waals surface area (Å²) in [6.45, 7) is 0. The van der Waals surface area contributed by atoms with E-state index in [0.29, 0.717) is 22.5 Å². The summed E-state index contributed by atoms with van der Waals surface area (Å²) in [7, 11) is 1.80. The molecule has 0 unspecified atom stereocenters. The molecule has 2 heterocycles. The molecule has 0 aliphatic heterocycles. The summed E-state index contributed by atoms with van der Waals surface area (Å²) in [6.07, 6.45) is 0. The van der Waals surface area contributed by atoms with Crippen LogP contribution in [0.25, 0.3) is 0 Å². The number of nitrogens with one attached hydrogen (secondary N) is 2. The van der Waals surface area contributed by atoms with Gasteiger partial charge in [0.25, 0.3) is 0 Å². The monoisotopic (exact) mass is 380 g/mol. The van der Waals surface area contributed by atoms with E-state index in [9.17, 15) is 0 Å². The van der Waals surface area contributed by atoms with Crippen LogP contribution in [-0.2, 0) is 5.75 Å². The molecule has 0 aliphatic rings. The fourth-order valence-electron chi connectivity index (χ4n) is 1.72. The third-order valence-electron chi connectivity index (χ3n) is 2.74. The van der Waals surface area contributed by atoms with Crippen LogP contribution >= 0.6 is 34.7 Å². The summed E-state index contributed by atoms with van der Waals surface area (Å²) in [5.74, 6) is 1.62. The number of benzene rings is 1. The van der Waals surface area contributed by atoms with Crippen molar-refractivity contribution >= 4 is 57.4 Å². The minimum Gasteiger partial charge on any atom is -0.368 e. The molecule has 0 amide bonds. The average molecular weight is 381 g/mol. The van der Waals surface area contributed by atoms with Crippen LogP contribution in [0.4, 0.5) is 22.7 Å². The highest BCUT2D eigenvalue weighted by atomic mass is 35.5. The lowest BCUT2D eigenvalue weighted by Gasteiger charge is -2.07. The van der Waals surface area contributed by atoms with Crippen molar-refractivity contribution in [3.05, 3.63) is 35.1 Å². The van der Waals surface area contributed by atoms with Crippen LogP contribution in [0.15, 0.2) is 28.6 Å². The van der Waals surface area contributed by atoms with Crippen LogP contribution in [-0.4, -0.2) is 32.2 Å². The van der Waals surface area contributed by atoms with Crippen molar-refractivity contribution in [2.75, 3.05) is 23.4 Å². The second kappa shape index (κ2) is 7.60. The molecular formula is C13H13ClN8S2. The Morgan fingerprint density at radius 3 is 2.67 bits per heavy atom. The fourth-order valence-corrected chi connectivity index (χ4v) is 3.40. The minimum absolute atomic E-state index is 0.158. The SMILES string of the molecule is CNc1nnc(SCc2nc(N)nc(Nc3ccc(Cl)cc3)n2)s1. The smallest absolute Gasteiger partial charge is 0.232 e. The van der Waals surface area contributed by atoms with Gasteiger partial charge in [0.1, 0.15) is 5.82 Å². The number of nitrogens with zero attached hydrogens (tertiary/aromatic N) is 5. The molecule has 8 nitrogen and oxygen atoms in total. The van der Waals surface area contributed by atoms with E-state index in [2.05, 4.69) is 35.8 Å². The number of anilines is 4. The van der Waals surface area contributed by atoms with Crippen LogP contribution in [0, 0.1) is 0 Å². The number of hydrogen-bond donors (Lipinski definition) is 3. The summed E-state index contributed by atoms with van der Waals surface area (Å²) < 4.78 is 0.825. The summed E-state index contributed by atoms with van der Waals surface area (Å²) >= 11 is 8.82. The largest absolute Gasteiger partial charge is 0.368 e. The molecular weight excluding hydrogens is 368 g/mol. The van der Waals surface area contributed by atoms with Crippen molar-refractivity contribution < 1.29 is 0 Å². The normalized spacial score (nSPS) is 10.6. The van der Waals surface area contributed by atoms with E-state index < -0.39 is 0 Å². The first kappa shape index (κ1) is 16.7. The molecule has 0 saturated carbocycles. The first-order chi connectivity index (χ1) is 11.6. The fraction of sp³-hybridized carbons (Fsp3) is 0.154. The highest BCUT2D eigenvalue weighted by Gasteiger charge is 2.08. The van der Waals surface area contributed by atoms with Gasteiger partial charge >= 0.3 is 0 Å². The van der Waals surface area contributed by atoms with Crippen molar-refractivity contribution in [2.45, 2.75) is 10.1 Å². The molecule has 0 spiro atoms. The van der Waals surface area contributed by atoms with E-state index in [1.165, 1.54) is 23.1 Å². The van der Waals surface area contributed by atoms with E-state index in [0.717, 1.165) is 15.2 Å². The maximum absolute atomic E-state index is 5.87. The molecule has 0 fully saturated rings.